The van der Waals surface area contributed by atoms with Gasteiger partial charge in [-0.3, -0.25) is 4.79 Å². The first kappa shape index (κ1) is 9.54. The van der Waals surface area contributed by atoms with E-state index >= 15 is 0 Å². The van der Waals surface area contributed by atoms with Crippen molar-refractivity contribution in [3.63, 3.8) is 0 Å². The second kappa shape index (κ2) is 3.91. The summed E-state index contributed by atoms with van der Waals surface area (Å²) in [6.07, 6.45) is 0. The number of rotatable bonds is 1. The maximum atomic E-state index is 11.2. The van der Waals surface area contributed by atoms with Crippen molar-refractivity contribution in [3.8, 4) is 0 Å². The Hall–Kier alpha value is -1.55. The van der Waals surface area contributed by atoms with Crippen LogP contribution in [0.3, 0.4) is 0 Å². The molecule has 0 saturated carbocycles. The molecular weight excluding hydrogens is 190 g/mol. The normalized spacial score (nSPS) is 9.31. The molecule has 4 nitrogen and oxygen atoms in total. The molecule has 0 bridgehead atoms. The van der Waals surface area contributed by atoms with Crippen LogP contribution in [0.1, 0.15) is 10.4 Å². The van der Waals surface area contributed by atoms with Crippen molar-refractivity contribution in [3.05, 3.63) is 34.9 Å². The molecule has 0 heterocycles. The molecule has 5 heteroatoms. The number of guanidine groups is 1. The van der Waals surface area contributed by atoms with E-state index in [9.17, 15) is 4.79 Å². The van der Waals surface area contributed by atoms with Gasteiger partial charge in [-0.1, -0.05) is 17.7 Å². The standard InChI is InChI=1S/C8H8ClN3O/c9-6-3-1-2-5(4-6)7(13)12-8(10)11/h1-4H,(H4,10,11,12,13). The van der Waals surface area contributed by atoms with Gasteiger partial charge in [0.2, 0.25) is 0 Å². The molecule has 0 saturated heterocycles. The summed E-state index contributed by atoms with van der Waals surface area (Å²) in [5, 5.41) is 0.469. The number of carbonyl (C=O) groups excluding carboxylic acids is 1. The van der Waals surface area contributed by atoms with E-state index in [1.54, 1.807) is 18.2 Å². The van der Waals surface area contributed by atoms with Gasteiger partial charge < -0.3 is 11.5 Å². The van der Waals surface area contributed by atoms with Crippen molar-refractivity contribution < 1.29 is 4.79 Å². The third kappa shape index (κ3) is 2.76. The number of carbonyl (C=O) groups is 1. The van der Waals surface area contributed by atoms with E-state index < -0.39 is 5.91 Å². The largest absolute Gasteiger partial charge is 0.370 e. The molecule has 0 fully saturated rings. The van der Waals surface area contributed by atoms with E-state index in [4.69, 9.17) is 23.1 Å². The third-order valence-electron chi connectivity index (χ3n) is 1.30. The van der Waals surface area contributed by atoms with Crippen LogP contribution in [0.4, 0.5) is 0 Å². The highest BCUT2D eigenvalue weighted by Crippen LogP contribution is 2.11. The Morgan fingerprint density at radius 3 is 2.62 bits per heavy atom. The zero-order valence-electron chi connectivity index (χ0n) is 6.70. The van der Waals surface area contributed by atoms with Gasteiger partial charge in [0.25, 0.3) is 5.91 Å². The van der Waals surface area contributed by atoms with E-state index in [0.29, 0.717) is 10.6 Å². The van der Waals surface area contributed by atoms with E-state index in [-0.39, 0.29) is 5.96 Å². The SMILES string of the molecule is NC(N)=NC(=O)c1cccc(Cl)c1. The lowest BCUT2D eigenvalue weighted by Crippen LogP contribution is -2.24. The maximum Gasteiger partial charge on any atom is 0.280 e. The Morgan fingerprint density at radius 2 is 2.08 bits per heavy atom. The summed E-state index contributed by atoms with van der Waals surface area (Å²) in [4.78, 5) is 14.6. The topological polar surface area (TPSA) is 81.5 Å². The molecule has 0 radical (unpaired) electrons. The molecule has 1 rings (SSSR count). The first-order valence-electron chi connectivity index (χ1n) is 3.49. The van der Waals surface area contributed by atoms with Crippen LogP contribution in [0.5, 0.6) is 0 Å². The van der Waals surface area contributed by atoms with Crippen LogP contribution in [-0.4, -0.2) is 11.9 Å². The highest BCUT2D eigenvalue weighted by Gasteiger charge is 2.03. The number of amides is 1. The van der Waals surface area contributed by atoms with Crippen LogP contribution in [0.25, 0.3) is 0 Å². The summed E-state index contributed by atoms with van der Waals surface area (Å²) in [6, 6.07) is 6.39. The molecule has 1 amide bonds. The van der Waals surface area contributed by atoms with Crippen LogP contribution in [0.2, 0.25) is 5.02 Å². The highest BCUT2D eigenvalue weighted by atomic mass is 35.5. The van der Waals surface area contributed by atoms with Gasteiger partial charge >= 0.3 is 0 Å². The fourth-order valence-electron chi connectivity index (χ4n) is 0.803. The number of hydrogen-bond acceptors (Lipinski definition) is 1. The van der Waals surface area contributed by atoms with Gasteiger partial charge in [0.05, 0.1) is 0 Å². The summed E-state index contributed by atoms with van der Waals surface area (Å²) >= 11 is 5.66. The number of halogens is 1. The number of aliphatic imine (C=N–C) groups is 1. The summed E-state index contributed by atoms with van der Waals surface area (Å²) < 4.78 is 0. The first-order chi connectivity index (χ1) is 6.09. The van der Waals surface area contributed by atoms with E-state index in [2.05, 4.69) is 4.99 Å². The van der Waals surface area contributed by atoms with E-state index in [1.807, 2.05) is 0 Å². The Morgan fingerprint density at radius 1 is 1.38 bits per heavy atom. The molecule has 0 aromatic heterocycles. The fourth-order valence-corrected chi connectivity index (χ4v) is 0.994. The predicted octanol–water partition coefficient (Wildman–Crippen LogP) is 0.754. The molecule has 0 aliphatic rings. The average molecular weight is 198 g/mol. The third-order valence-corrected chi connectivity index (χ3v) is 1.54. The van der Waals surface area contributed by atoms with Crippen LogP contribution in [-0.2, 0) is 0 Å². The fraction of sp³-hybridized carbons (Fsp3) is 0. The van der Waals surface area contributed by atoms with Gasteiger partial charge in [-0.25, -0.2) is 0 Å². The molecule has 0 aliphatic carbocycles. The van der Waals surface area contributed by atoms with Crippen LogP contribution in [0, 0.1) is 0 Å². The van der Waals surface area contributed by atoms with Gasteiger partial charge in [-0.2, -0.15) is 4.99 Å². The molecule has 0 unspecified atom stereocenters. The zero-order valence-corrected chi connectivity index (χ0v) is 7.45. The lowest BCUT2D eigenvalue weighted by Gasteiger charge is -1.95. The van der Waals surface area contributed by atoms with Crippen molar-refractivity contribution in [1.82, 2.24) is 0 Å². The Labute approximate surface area is 80.2 Å². The molecule has 1 aromatic rings. The van der Waals surface area contributed by atoms with Crippen molar-refractivity contribution >= 4 is 23.5 Å². The van der Waals surface area contributed by atoms with Gasteiger partial charge in [0.15, 0.2) is 5.96 Å². The van der Waals surface area contributed by atoms with Crippen molar-refractivity contribution in [1.29, 1.82) is 0 Å². The minimum absolute atomic E-state index is 0.259. The Kier molecular flexibility index (Phi) is 2.87. The molecule has 0 aliphatic heterocycles. The molecule has 0 atom stereocenters. The second-order valence-electron chi connectivity index (χ2n) is 2.35. The number of nitrogens with zero attached hydrogens (tertiary/aromatic N) is 1. The molecule has 13 heavy (non-hydrogen) atoms. The monoisotopic (exact) mass is 197 g/mol. The molecule has 68 valence electrons. The van der Waals surface area contributed by atoms with Crippen LogP contribution >= 0.6 is 11.6 Å². The highest BCUT2D eigenvalue weighted by molar-refractivity contribution is 6.31. The van der Waals surface area contributed by atoms with Crippen molar-refractivity contribution in [2.45, 2.75) is 0 Å². The Balaban J connectivity index is 2.96. The molecule has 4 N–H and O–H groups in total. The van der Waals surface area contributed by atoms with Crippen LogP contribution < -0.4 is 11.5 Å². The van der Waals surface area contributed by atoms with Crippen molar-refractivity contribution in [2.24, 2.45) is 16.5 Å². The smallest absolute Gasteiger partial charge is 0.280 e. The van der Waals surface area contributed by atoms with Crippen molar-refractivity contribution in [2.75, 3.05) is 0 Å². The average Bonchev–Trinajstić information content (AvgIpc) is 2.03. The van der Waals surface area contributed by atoms with E-state index in [0.717, 1.165) is 0 Å². The zero-order chi connectivity index (χ0) is 9.84. The van der Waals surface area contributed by atoms with Gasteiger partial charge in [-0.05, 0) is 18.2 Å². The summed E-state index contributed by atoms with van der Waals surface area (Å²) in [6.45, 7) is 0. The molecule has 0 spiro atoms. The summed E-state index contributed by atoms with van der Waals surface area (Å²) in [5.41, 5.74) is 10.4. The molecular formula is C8H8ClN3O. The van der Waals surface area contributed by atoms with E-state index in [1.165, 1.54) is 6.07 Å². The van der Waals surface area contributed by atoms with Gasteiger partial charge in [0, 0.05) is 10.6 Å². The summed E-state index contributed by atoms with van der Waals surface area (Å²) in [7, 11) is 0. The molecule has 1 aromatic carbocycles. The Bertz CT molecular complexity index is 358. The number of nitrogens with two attached hydrogens (primary N) is 2. The quantitative estimate of drug-likeness (QED) is 0.515. The lowest BCUT2D eigenvalue weighted by molar-refractivity contribution is 0.100. The lowest BCUT2D eigenvalue weighted by atomic mass is 10.2. The van der Waals surface area contributed by atoms with Crippen LogP contribution in [0.15, 0.2) is 29.3 Å². The number of benzene rings is 1. The summed E-state index contributed by atoms with van der Waals surface area (Å²) in [5.74, 6) is -0.757. The second-order valence-corrected chi connectivity index (χ2v) is 2.79. The first-order valence-corrected chi connectivity index (χ1v) is 3.87. The number of hydrogen-bond donors (Lipinski definition) is 2. The maximum absolute atomic E-state index is 11.2. The minimum atomic E-state index is -0.498. The predicted molar refractivity (Wildman–Crippen MR) is 51.6 cm³/mol. The minimum Gasteiger partial charge on any atom is -0.370 e. The van der Waals surface area contributed by atoms with Gasteiger partial charge in [0.1, 0.15) is 0 Å². The van der Waals surface area contributed by atoms with Gasteiger partial charge in [-0.15, -0.1) is 0 Å².